The number of rotatable bonds is 7. The number of aromatic nitrogens is 2. The van der Waals surface area contributed by atoms with Crippen molar-refractivity contribution in [3.8, 4) is 0 Å². The fraction of sp³-hybridized carbons (Fsp3) is 0.240. The van der Waals surface area contributed by atoms with Crippen LogP contribution in [0.5, 0.6) is 0 Å². The van der Waals surface area contributed by atoms with Gasteiger partial charge in [0.25, 0.3) is 5.91 Å². The summed E-state index contributed by atoms with van der Waals surface area (Å²) in [6.07, 6.45) is 6.59. The number of hydrogen-bond donors (Lipinski definition) is 1. The summed E-state index contributed by atoms with van der Waals surface area (Å²) in [5.74, 6) is 0.436. The molecule has 0 fully saturated rings. The molecule has 32 heavy (non-hydrogen) atoms. The van der Waals surface area contributed by atoms with E-state index in [4.69, 9.17) is 16.3 Å². The van der Waals surface area contributed by atoms with Crippen LogP contribution in [0.4, 0.5) is 5.69 Å². The van der Waals surface area contributed by atoms with Gasteiger partial charge in [0, 0.05) is 29.2 Å². The molecule has 1 aliphatic heterocycles. The number of nitrogens with zero attached hydrogens (tertiary/aromatic N) is 2. The first-order chi connectivity index (χ1) is 15.5. The zero-order valence-electron chi connectivity index (χ0n) is 18.0. The van der Waals surface area contributed by atoms with E-state index in [0.29, 0.717) is 22.7 Å². The van der Waals surface area contributed by atoms with E-state index in [0.717, 1.165) is 47.6 Å². The van der Waals surface area contributed by atoms with E-state index in [-0.39, 0.29) is 11.9 Å². The fourth-order valence-electron chi connectivity index (χ4n) is 3.76. The van der Waals surface area contributed by atoms with Gasteiger partial charge in [0.15, 0.2) is 0 Å². The van der Waals surface area contributed by atoms with Gasteiger partial charge in [-0.1, -0.05) is 37.1 Å². The SMILES string of the molecule is CCCCc1ncc(C=C2C(=O)Nc3ccc(Cl)cc32)n1Cc1ccc(C(=O)OC)cc1. The summed E-state index contributed by atoms with van der Waals surface area (Å²) < 4.78 is 6.89. The Kier molecular flexibility index (Phi) is 6.42. The third kappa shape index (κ3) is 4.46. The summed E-state index contributed by atoms with van der Waals surface area (Å²) in [5.41, 5.74) is 4.46. The minimum Gasteiger partial charge on any atom is -0.465 e. The molecule has 0 bridgehead atoms. The Morgan fingerprint density at radius 3 is 2.72 bits per heavy atom. The number of ether oxygens (including phenoxy) is 1. The average Bonchev–Trinajstić information content (AvgIpc) is 3.32. The van der Waals surface area contributed by atoms with E-state index < -0.39 is 0 Å². The predicted molar refractivity (Wildman–Crippen MR) is 126 cm³/mol. The molecule has 1 N–H and O–H groups in total. The normalized spacial score (nSPS) is 13.8. The number of anilines is 1. The molecular formula is C25H24ClN3O3. The molecule has 0 unspecified atom stereocenters. The Balaban J connectivity index is 1.71. The molecule has 1 aromatic heterocycles. The first-order valence-electron chi connectivity index (χ1n) is 10.5. The van der Waals surface area contributed by atoms with Gasteiger partial charge < -0.3 is 14.6 Å². The molecule has 0 saturated heterocycles. The maximum atomic E-state index is 12.6. The number of amides is 1. The maximum Gasteiger partial charge on any atom is 0.337 e. The van der Waals surface area contributed by atoms with Crippen molar-refractivity contribution in [2.75, 3.05) is 12.4 Å². The van der Waals surface area contributed by atoms with Gasteiger partial charge in [0.05, 0.1) is 30.1 Å². The topological polar surface area (TPSA) is 73.2 Å². The lowest BCUT2D eigenvalue weighted by Gasteiger charge is -2.12. The third-order valence-corrected chi connectivity index (χ3v) is 5.73. The first kappa shape index (κ1) is 21.8. The number of carbonyl (C=O) groups is 2. The molecule has 2 aromatic carbocycles. The van der Waals surface area contributed by atoms with E-state index in [2.05, 4.69) is 21.8 Å². The summed E-state index contributed by atoms with van der Waals surface area (Å²) in [4.78, 5) is 29.0. The van der Waals surface area contributed by atoms with Gasteiger partial charge in [-0.2, -0.15) is 0 Å². The number of unbranched alkanes of at least 4 members (excludes halogenated alkanes) is 1. The molecule has 4 rings (SSSR count). The number of benzene rings is 2. The molecule has 0 saturated carbocycles. The lowest BCUT2D eigenvalue weighted by Crippen LogP contribution is -2.09. The number of aryl methyl sites for hydroxylation is 1. The van der Waals surface area contributed by atoms with Crippen molar-refractivity contribution in [3.63, 3.8) is 0 Å². The Morgan fingerprint density at radius 1 is 1.22 bits per heavy atom. The molecule has 0 radical (unpaired) electrons. The van der Waals surface area contributed by atoms with Crippen LogP contribution < -0.4 is 5.32 Å². The molecule has 0 aliphatic carbocycles. The van der Waals surface area contributed by atoms with Gasteiger partial charge in [-0.25, -0.2) is 9.78 Å². The summed E-state index contributed by atoms with van der Waals surface area (Å²) in [6, 6.07) is 12.7. The van der Waals surface area contributed by atoms with E-state index >= 15 is 0 Å². The van der Waals surface area contributed by atoms with Crippen molar-refractivity contribution in [3.05, 3.63) is 81.9 Å². The van der Waals surface area contributed by atoms with Crippen LogP contribution in [0.1, 0.15) is 52.8 Å². The van der Waals surface area contributed by atoms with Gasteiger partial charge >= 0.3 is 5.97 Å². The molecule has 0 atom stereocenters. The second kappa shape index (κ2) is 9.40. The lowest BCUT2D eigenvalue weighted by atomic mass is 10.1. The van der Waals surface area contributed by atoms with E-state index in [1.165, 1.54) is 7.11 Å². The molecular weight excluding hydrogens is 426 g/mol. The largest absolute Gasteiger partial charge is 0.465 e. The number of methoxy groups -OCH3 is 1. The zero-order valence-corrected chi connectivity index (χ0v) is 18.8. The molecule has 164 valence electrons. The third-order valence-electron chi connectivity index (χ3n) is 5.50. The van der Waals surface area contributed by atoms with Crippen molar-refractivity contribution in [1.82, 2.24) is 9.55 Å². The predicted octanol–water partition coefficient (Wildman–Crippen LogP) is 5.21. The van der Waals surface area contributed by atoms with Crippen molar-refractivity contribution in [1.29, 1.82) is 0 Å². The number of fused-ring (bicyclic) bond motifs is 1. The fourth-order valence-corrected chi connectivity index (χ4v) is 3.93. The van der Waals surface area contributed by atoms with Crippen LogP contribution in [0.3, 0.4) is 0 Å². The van der Waals surface area contributed by atoms with E-state index in [1.807, 2.05) is 24.3 Å². The van der Waals surface area contributed by atoms with Crippen LogP contribution >= 0.6 is 11.6 Å². The van der Waals surface area contributed by atoms with Crippen molar-refractivity contribution >= 4 is 40.8 Å². The van der Waals surface area contributed by atoms with Crippen molar-refractivity contribution in [2.45, 2.75) is 32.7 Å². The number of esters is 1. The van der Waals surface area contributed by atoms with Crippen LogP contribution in [-0.4, -0.2) is 28.5 Å². The van der Waals surface area contributed by atoms with Gasteiger partial charge in [0.1, 0.15) is 5.82 Å². The van der Waals surface area contributed by atoms with E-state index in [9.17, 15) is 9.59 Å². The Hall–Kier alpha value is -3.38. The minimum absolute atomic E-state index is 0.160. The number of nitrogens with one attached hydrogen (secondary N) is 1. The average molecular weight is 450 g/mol. The van der Waals surface area contributed by atoms with Crippen molar-refractivity contribution < 1.29 is 14.3 Å². The number of halogens is 1. The first-order valence-corrected chi connectivity index (χ1v) is 10.9. The number of imidazole rings is 1. The van der Waals surface area contributed by atoms with E-state index in [1.54, 1.807) is 30.5 Å². The van der Waals surface area contributed by atoms with Crippen LogP contribution in [0.15, 0.2) is 48.7 Å². The minimum atomic E-state index is -0.363. The molecule has 1 aliphatic rings. The van der Waals surface area contributed by atoms with Crippen LogP contribution in [0.2, 0.25) is 5.02 Å². The van der Waals surface area contributed by atoms with Gasteiger partial charge in [-0.3, -0.25) is 4.79 Å². The molecule has 7 heteroatoms. The van der Waals surface area contributed by atoms with Gasteiger partial charge in [-0.05, 0) is 48.4 Å². The van der Waals surface area contributed by atoms with Crippen LogP contribution in [0, 0.1) is 0 Å². The summed E-state index contributed by atoms with van der Waals surface area (Å²) >= 11 is 6.17. The lowest BCUT2D eigenvalue weighted by molar-refractivity contribution is -0.110. The second-order valence-corrected chi connectivity index (χ2v) is 8.12. The monoisotopic (exact) mass is 449 g/mol. The summed E-state index contributed by atoms with van der Waals surface area (Å²) in [5, 5.41) is 3.47. The second-order valence-electron chi connectivity index (χ2n) is 7.68. The molecule has 6 nitrogen and oxygen atoms in total. The Labute approximate surface area is 191 Å². The number of carbonyl (C=O) groups excluding carboxylic acids is 2. The smallest absolute Gasteiger partial charge is 0.337 e. The molecule has 0 spiro atoms. The molecule has 2 heterocycles. The van der Waals surface area contributed by atoms with Crippen LogP contribution in [-0.2, 0) is 22.5 Å². The maximum absolute atomic E-state index is 12.6. The van der Waals surface area contributed by atoms with Gasteiger partial charge in [0.2, 0.25) is 0 Å². The van der Waals surface area contributed by atoms with Crippen LogP contribution in [0.25, 0.3) is 11.6 Å². The zero-order chi connectivity index (χ0) is 22.7. The quantitative estimate of drug-likeness (QED) is 0.397. The summed E-state index contributed by atoms with van der Waals surface area (Å²) in [7, 11) is 1.37. The van der Waals surface area contributed by atoms with Crippen molar-refractivity contribution in [2.24, 2.45) is 0 Å². The number of hydrogen-bond acceptors (Lipinski definition) is 4. The highest BCUT2D eigenvalue weighted by molar-refractivity contribution is 6.36. The standard InChI is InChI=1S/C25H24ClN3O3/c1-3-4-5-23-27-14-19(13-21-20-12-18(26)10-11-22(20)28-24(21)30)29(23)15-16-6-8-17(9-7-16)25(31)32-2/h6-14H,3-5,15H2,1-2H3,(H,28,30). The van der Waals surface area contributed by atoms with Gasteiger partial charge in [-0.15, -0.1) is 0 Å². The molecule has 3 aromatic rings. The Morgan fingerprint density at radius 2 is 2.00 bits per heavy atom. The molecule has 1 amide bonds. The highest BCUT2D eigenvalue weighted by Crippen LogP contribution is 2.35. The highest BCUT2D eigenvalue weighted by Gasteiger charge is 2.25. The summed E-state index contributed by atoms with van der Waals surface area (Å²) in [6.45, 7) is 2.72. The Bertz CT molecular complexity index is 1200. The highest BCUT2D eigenvalue weighted by atomic mass is 35.5.